The number of hydrogen-bond donors (Lipinski definition) is 1. The number of fused-ring (bicyclic) bond motifs is 2. The summed E-state index contributed by atoms with van der Waals surface area (Å²) in [4.78, 5) is 15.1. The van der Waals surface area contributed by atoms with Gasteiger partial charge in [0.1, 0.15) is 17.2 Å². The van der Waals surface area contributed by atoms with Crippen LogP contribution in [0.25, 0.3) is 0 Å². The highest BCUT2D eigenvalue weighted by atomic mass is 19.4. The van der Waals surface area contributed by atoms with Crippen LogP contribution in [0.5, 0.6) is 0 Å². The Labute approximate surface area is 223 Å². The van der Waals surface area contributed by atoms with Crippen LogP contribution in [-0.4, -0.2) is 50.0 Å². The largest absolute Gasteiger partial charge is 0.444 e. The number of carbonyl (C=O) groups is 1. The molecule has 4 rings (SSSR count). The summed E-state index contributed by atoms with van der Waals surface area (Å²) in [6, 6.07) is 5.77. The van der Waals surface area contributed by atoms with Gasteiger partial charge in [-0.15, -0.1) is 10.2 Å². The van der Waals surface area contributed by atoms with Crippen LogP contribution in [-0.2, 0) is 10.9 Å². The third-order valence-electron chi connectivity index (χ3n) is 7.64. The molecular formula is C28H40F3N5O2. The molecule has 210 valence electrons. The molecule has 2 fully saturated rings. The molecule has 1 N–H and O–H groups in total. The number of nitrogens with zero attached hydrogens (tertiary/aromatic N) is 4. The number of aryl methyl sites for hydroxylation is 1. The van der Waals surface area contributed by atoms with Crippen molar-refractivity contribution in [1.82, 2.24) is 25.0 Å². The monoisotopic (exact) mass is 535 g/mol. The minimum absolute atomic E-state index is 0.301. The molecule has 4 atom stereocenters. The molecule has 0 radical (unpaired) electrons. The van der Waals surface area contributed by atoms with E-state index in [2.05, 4.69) is 38.8 Å². The zero-order valence-corrected chi connectivity index (χ0v) is 23.2. The zero-order valence-electron chi connectivity index (χ0n) is 23.2. The molecule has 1 aromatic heterocycles. The molecule has 0 saturated carbocycles. The Balaban J connectivity index is 1.47. The molecule has 2 bridgehead atoms. The van der Waals surface area contributed by atoms with E-state index < -0.39 is 29.5 Å². The number of ether oxygens (including phenoxy) is 1. The maximum Gasteiger partial charge on any atom is 0.416 e. The van der Waals surface area contributed by atoms with Gasteiger partial charge in [0.25, 0.3) is 0 Å². The Bertz CT molecular complexity index is 1090. The molecule has 1 amide bonds. The lowest BCUT2D eigenvalue weighted by Gasteiger charge is -2.40. The summed E-state index contributed by atoms with van der Waals surface area (Å²) >= 11 is 0. The summed E-state index contributed by atoms with van der Waals surface area (Å²) < 4.78 is 47.1. The molecular weight excluding hydrogens is 495 g/mol. The van der Waals surface area contributed by atoms with E-state index in [0.717, 1.165) is 56.0 Å². The second-order valence-electron chi connectivity index (χ2n) is 12.0. The first-order chi connectivity index (χ1) is 17.7. The van der Waals surface area contributed by atoms with Crippen molar-refractivity contribution in [2.45, 2.75) is 116 Å². The molecule has 7 nitrogen and oxygen atoms in total. The van der Waals surface area contributed by atoms with Crippen LogP contribution in [0.1, 0.15) is 108 Å². The number of amides is 1. The number of benzene rings is 1. The first kappa shape index (κ1) is 28.4. The third kappa shape index (κ3) is 6.50. The molecule has 1 aromatic carbocycles. The van der Waals surface area contributed by atoms with E-state index in [1.807, 2.05) is 6.92 Å². The van der Waals surface area contributed by atoms with E-state index in [1.54, 1.807) is 20.8 Å². The highest BCUT2D eigenvalue weighted by molar-refractivity contribution is 5.68. The van der Waals surface area contributed by atoms with Gasteiger partial charge in [0.15, 0.2) is 0 Å². The molecule has 10 heteroatoms. The number of rotatable bonds is 7. The van der Waals surface area contributed by atoms with Crippen LogP contribution in [0.4, 0.5) is 18.0 Å². The van der Waals surface area contributed by atoms with Crippen LogP contribution in [0.2, 0.25) is 0 Å². The maximum atomic E-state index is 13.1. The Kier molecular flexibility index (Phi) is 8.12. The lowest BCUT2D eigenvalue weighted by Crippen LogP contribution is -2.45. The number of halogens is 3. The second-order valence-corrected chi connectivity index (χ2v) is 12.0. The predicted octanol–water partition coefficient (Wildman–Crippen LogP) is 6.55. The van der Waals surface area contributed by atoms with E-state index in [-0.39, 0.29) is 0 Å². The summed E-state index contributed by atoms with van der Waals surface area (Å²) in [6.07, 6.45) is -0.152. The molecule has 1 unspecified atom stereocenters. The van der Waals surface area contributed by atoms with Crippen LogP contribution >= 0.6 is 0 Å². The highest BCUT2D eigenvalue weighted by Crippen LogP contribution is 2.42. The number of aromatic nitrogens is 3. The van der Waals surface area contributed by atoms with Gasteiger partial charge < -0.3 is 14.6 Å². The highest BCUT2D eigenvalue weighted by Gasteiger charge is 2.42. The van der Waals surface area contributed by atoms with Crippen molar-refractivity contribution in [2.75, 3.05) is 6.54 Å². The number of piperidine rings is 1. The van der Waals surface area contributed by atoms with Crippen LogP contribution in [0.3, 0.4) is 0 Å². The number of hydrogen-bond acceptors (Lipinski definition) is 5. The molecule has 38 heavy (non-hydrogen) atoms. The van der Waals surface area contributed by atoms with E-state index >= 15 is 0 Å². The van der Waals surface area contributed by atoms with Crippen molar-refractivity contribution < 1.29 is 22.7 Å². The molecule has 0 aliphatic carbocycles. The standard InChI is InChI=1S/C28H40F3N5O2/c1-17(2)25-34-33-18(3)36(25)23-15-21-11-12-22(16-23)35(21)14-13-24(32-26(37)38-27(4,5)6)19-7-9-20(10-8-19)28(29,30)31/h7-10,17,21-24H,11-16H2,1-6H3,(H,32,37)/t21-,22+,23?,24-/m0/s1. The Morgan fingerprint density at radius 1 is 1.05 bits per heavy atom. The van der Waals surface area contributed by atoms with Gasteiger partial charge in [-0.3, -0.25) is 4.90 Å². The Hall–Kier alpha value is -2.62. The van der Waals surface area contributed by atoms with Gasteiger partial charge in [-0.1, -0.05) is 26.0 Å². The quantitative estimate of drug-likeness (QED) is 0.435. The average Bonchev–Trinajstić information content (AvgIpc) is 3.30. The number of alkyl carbamates (subject to hydrolysis) is 1. The SMILES string of the molecule is Cc1nnc(C(C)C)n1C1C[C@H]2CC[C@@H](C1)N2CC[C@H](NC(=O)OC(C)(C)C)c1ccc(C(F)(F)F)cc1. The summed E-state index contributed by atoms with van der Waals surface area (Å²) in [5.41, 5.74) is -0.750. The lowest BCUT2D eigenvalue weighted by atomic mass is 9.95. The average molecular weight is 536 g/mol. The molecule has 2 aliphatic rings. The van der Waals surface area contributed by atoms with E-state index in [4.69, 9.17) is 4.74 Å². The third-order valence-corrected chi connectivity index (χ3v) is 7.64. The summed E-state index contributed by atoms with van der Waals surface area (Å²) in [5, 5.41) is 11.7. The Morgan fingerprint density at radius 2 is 1.66 bits per heavy atom. The van der Waals surface area contributed by atoms with Crippen molar-refractivity contribution in [3.63, 3.8) is 0 Å². The van der Waals surface area contributed by atoms with E-state index in [9.17, 15) is 18.0 Å². The van der Waals surface area contributed by atoms with Gasteiger partial charge in [0.05, 0.1) is 11.6 Å². The molecule has 2 aliphatic heterocycles. The van der Waals surface area contributed by atoms with Crippen molar-refractivity contribution in [2.24, 2.45) is 0 Å². The smallest absolute Gasteiger partial charge is 0.416 e. The van der Waals surface area contributed by atoms with E-state index in [1.165, 1.54) is 12.1 Å². The normalized spacial score (nSPS) is 23.1. The van der Waals surface area contributed by atoms with Crippen molar-refractivity contribution in [1.29, 1.82) is 0 Å². The lowest BCUT2D eigenvalue weighted by molar-refractivity contribution is -0.137. The fraction of sp³-hybridized carbons (Fsp3) is 0.679. The van der Waals surface area contributed by atoms with Gasteiger partial charge in [-0.05, 0) is 77.5 Å². The van der Waals surface area contributed by atoms with Gasteiger partial charge in [-0.25, -0.2) is 4.79 Å². The van der Waals surface area contributed by atoms with Crippen LogP contribution < -0.4 is 5.32 Å². The minimum atomic E-state index is -4.41. The first-order valence-corrected chi connectivity index (χ1v) is 13.6. The summed E-state index contributed by atoms with van der Waals surface area (Å²) in [5.74, 6) is 2.29. The second kappa shape index (κ2) is 10.9. The fourth-order valence-electron chi connectivity index (χ4n) is 6.01. The number of nitrogens with one attached hydrogen (secondary N) is 1. The summed E-state index contributed by atoms with van der Waals surface area (Å²) in [7, 11) is 0. The van der Waals surface area contributed by atoms with E-state index in [0.29, 0.717) is 36.0 Å². The molecule has 2 aromatic rings. The maximum absolute atomic E-state index is 13.1. The van der Waals surface area contributed by atoms with Crippen LogP contribution in [0.15, 0.2) is 24.3 Å². The van der Waals surface area contributed by atoms with Crippen molar-refractivity contribution in [3.05, 3.63) is 47.0 Å². The zero-order chi connectivity index (χ0) is 27.8. The summed E-state index contributed by atoms with van der Waals surface area (Å²) in [6.45, 7) is 12.4. The van der Waals surface area contributed by atoms with Crippen molar-refractivity contribution in [3.8, 4) is 0 Å². The topological polar surface area (TPSA) is 72.3 Å². The predicted molar refractivity (Wildman–Crippen MR) is 139 cm³/mol. The van der Waals surface area contributed by atoms with Gasteiger partial charge in [-0.2, -0.15) is 13.2 Å². The molecule has 3 heterocycles. The number of carbonyl (C=O) groups excluding carboxylic acids is 1. The van der Waals surface area contributed by atoms with Gasteiger partial charge in [0, 0.05) is 30.6 Å². The van der Waals surface area contributed by atoms with Gasteiger partial charge in [0.2, 0.25) is 0 Å². The molecule has 2 saturated heterocycles. The first-order valence-electron chi connectivity index (χ1n) is 13.6. The van der Waals surface area contributed by atoms with Crippen molar-refractivity contribution >= 4 is 6.09 Å². The van der Waals surface area contributed by atoms with Crippen LogP contribution in [0, 0.1) is 6.92 Å². The molecule has 0 spiro atoms. The minimum Gasteiger partial charge on any atom is -0.444 e. The Morgan fingerprint density at radius 3 is 2.18 bits per heavy atom. The fourth-order valence-corrected chi connectivity index (χ4v) is 6.01. The number of alkyl halides is 3. The van der Waals surface area contributed by atoms with Gasteiger partial charge >= 0.3 is 12.3 Å².